The molecule has 0 bridgehead atoms. The van der Waals surface area contributed by atoms with Crippen LogP contribution in [0.3, 0.4) is 0 Å². The van der Waals surface area contributed by atoms with E-state index in [0.29, 0.717) is 12.5 Å². The maximum absolute atomic E-state index is 12.1. The van der Waals surface area contributed by atoms with E-state index in [2.05, 4.69) is 16.2 Å². The van der Waals surface area contributed by atoms with Crippen molar-refractivity contribution in [3.05, 3.63) is 22.4 Å². The first-order valence-corrected chi connectivity index (χ1v) is 9.31. The molecule has 1 aromatic heterocycles. The second-order valence-corrected chi connectivity index (χ2v) is 7.98. The first-order chi connectivity index (χ1) is 9.43. The Labute approximate surface area is 124 Å². The van der Waals surface area contributed by atoms with Gasteiger partial charge in [-0.25, -0.2) is 13.1 Å². The van der Waals surface area contributed by atoms with E-state index < -0.39 is 10.0 Å². The van der Waals surface area contributed by atoms with Crippen molar-refractivity contribution in [2.45, 2.75) is 32.2 Å². The number of carbonyl (C=O) groups is 1. The van der Waals surface area contributed by atoms with Gasteiger partial charge < -0.3 is 4.90 Å². The highest BCUT2D eigenvalue weighted by molar-refractivity contribution is 7.89. The Balaban J connectivity index is 1.94. The molecule has 1 fully saturated rings. The van der Waals surface area contributed by atoms with Gasteiger partial charge in [-0.2, -0.15) is 11.3 Å². The maximum Gasteiger partial charge on any atom is 0.237 e. The van der Waals surface area contributed by atoms with Gasteiger partial charge in [0.2, 0.25) is 15.9 Å². The Hall–Kier alpha value is -0.920. The summed E-state index contributed by atoms with van der Waals surface area (Å²) in [6, 6.07) is 2.24. The SMILES string of the molecule is CCS(=O)(=O)NCC(=O)N1C[C@H](c2ccsc2)C[C@H]1C. The third kappa shape index (κ3) is 3.59. The van der Waals surface area contributed by atoms with Gasteiger partial charge in [-0.05, 0) is 42.7 Å². The van der Waals surface area contributed by atoms with Crippen molar-refractivity contribution >= 4 is 27.3 Å². The van der Waals surface area contributed by atoms with Gasteiger partial charge in [-0.1, -0.05) is 0 Å². The minimum absolute atomic E-state index is 0.00658. The van der Waals surface area contributed by atoms with Crippen molar-refractivity contribution < 1.29 is 13.2 Å². The predicted molar refractivity (Wildman–Crippen MR) is 80.3 cm³/mol. The number of sulfonamides is 1. The lowest BCUT2D eigenvalue weighted by Gasteiger charge is -2.21. The Kier molecular flexibility index (Phi) is 4.82. The number of hydrogen-bond acceptors (Lipinski definition) is 4. The van der Waals surface area contributed by atoms with Crippen LogP contribution in [-0.2, 0) is 14.8 Å². The number of nitrogens with one attached hydrogen (secondary N) is 1. The zero-order chi connectivity index (χ0) is 14.8. The van der Waals surface area contributed by atoms with E-state index in [0.717, 1.165) is 6.42 Å². The van der Waals surface area contributed by atoms with Crippen LogP contribution in [0.4, 0.5) is 0 Å². The minimum Gasteiger partial charge on any atom is -0.338 e. The van der Waals surface area contributed by atoms with Crippen LogP contribution in [0.1, 0.15) is 31.7 Å². The Bertz CT molecular complexity index is 554. The monoisotopic (exact) mass is 316 g/mol. The fourth-order valence-electron chi connectivity index (χ4n) is 2.50. The van der Waals surface area contributed by atoms with E-state index >= 15 is 0 Å². The van der Waals surface area contributed by atoms with Gasteiger partial charge in [0.05, 0.1) is 12.3 Å². The van der Waals surface area contributed by atoms with Gasteiger partial charge in [0.1, 0.15) is 0 Å². The fraction of sp³-hybridized carbons (Fsp3) is 0.615. The normalized spacial score (nSPS) is 23.2. The summed E-state index contributed by atoms with van der Waals surface area (Å²) in [7, 11) is -3.31. The van der Waals surface area contributed by atoms with Crippen molar-refractivity contribution in [3.8, 4) is 0 Å². The lowest BCUT2D eigenvalue weighted by atomic mass is 10.00. The first-order valence-electron chi connectivity index (χ1n) is 6.72. The summed E-state index contributed by atoms with van der Waals surface area (Å²) >= 11 is 1.66. The van der Waals surface area contributed by atoms with Crippen molar-refractivity contribution in [2.75, 3.05) is 18.8 Å². The highest BCUT2D eigenvalue weighted by Crippen LogP contribution is 2.32. The molecule has 0 spiro atoms. The van der Waals surface area contributed by atoms with Gasteiger partial charge in [0.15, 0.2) is 0 Å². The predicted octanol–water partition coefficient (Wildman–Crippen LogP) is 1.39. The van der Waals surface area contributed by atoms with E-state index in [1.165, 1.54) is 5.56 Å². The Morgan fingerprint density at radius 3 is 2.90 bits per heavy atom. The highest BCUT2D eigenvalue weighted by Gasteiger charge is 2.33. The van der Waals surface area contributed by atoms with Crippen molar-refractivity contribution in [3.63, 3.8) is 0 Å². The molecular formula is C13H20N2O3S2. The summed E-state index contributed by atoms with van der Waals surface area (Å²) in [6.07, 6.45) is 0.934. The molecule has 112 valence electrons. The maximum atomic E-state index is 12.1. The average Bonchev–Trinajstić information content (AvgIpc) is 3.05. The number of amides is 1. The Morgan fingerprint density at radius 2 is 2.30 bits per heavy atom. The third-order valence-corrected chi connectivity index (χ3v) is 5.78. The summed E-state index contributed by atoms with van der Waals surface area (Å²) in [4.78, 5) is 13.9. The number of hydrogen-bond donors (Lipinski definition) is 1. The quantitative estimate of drug-likeness (QED) is 0.893. The van der Waals surface area contributed by atoms with Gasteiger partial charge in [-0.15, -0.1) is 0 Å². The molecule has 0 unspecified atom stereocenters. The summed E-state index contributed by atoms with van der Waals surface area (Å²) in [5, 5.41) is 4.16. The molecule has 0 aromatic carbocycles. The molecule has 0 radical (unpaired) electrons. The van der Waals surface area contributed by atoms with Crippen LogP contribution >= 0.6 is 11.3 Å². The standard InChI is InChI=1S/C13H20N2O3S2/c1-3-20(17,18)14-7-13(16)15-8-12(6-10(15)2)11-4-5-19-9-11/h4-5,9-10,12,14H,3,6-8H2,1-2H3/t10-,12-/m1/s1. The summed E-state index contributed by atoms with van der Waals surface area (Å²) < 4.78 is 25.1. The van der Waals surface area contributed by atoms with Crippen LogP contribution in [0, 0.1) is 0 Å². The van der Waals surface area contributed by atoms with Gasteiger partial charge in [0, 0.05) is 18.5 Å². The third-order valence-electron chi connectivity index (χ3n) is 3.73. The summed E-state index contributed by atoms with van der Waals surface area (Å²) in [6.45, 7) is 4.10. The van der Waals surface area contributed by atoms with Crippen LogP contribution in [0.25, 0.3) is 0 Å². The molecule has 1 saturated heterocycles. The molecule has 1 aliphatic heterocycles. The second kappa shape index (κ2) is 6.24. The van der Waals surface area contributed by atoms with Crippen LogP contribution in [0.2, 0.25) is 0 Å². The van der Waals surface area contributed by atoms with E-state index in [1.54, 1.807) is 23.2 Å². The Morgan fingerprint density at radius 1 is 1.55 bits per heavy atom. The molecule has 1 N–H and O–H groups in total. The molecule has 1 amide bonds. The lowest BCUT2D eigenvalue weighted by molar-refractivity contribution is -0.130. The summed E-state index contributed by atoms with van der Waals surface area (Å²) in [5.74, 6) is 0.211. The van der Waals surface area contributed by atoms with Gasteiger partial charge in [0.25, 0.3) is 0 Å². The molecule has 5 nitrogen and oxygen atoms in total. The van der Waals surface area contributed by atoms with Crippen LogP contribution in [-0.4, -0.2) is 44.1 Å². The van der Waals surface area contributed by atoms with E-state index in [-0.39, 0.29) is 24.2 Å². The molecule has 0 saturated carbocycles. The molecule has 2 rings (SSSR count). The number of rotatable bonds is 5. The van der Waals surface area contributed by atoms with E-state index in [4.69, 9.17) is 0 Å². The zero-order valence-corrected chi connectivity index (χ0v) is 13.3. The molecule has 20 heavy (non-hydrogen) atoms. The number of thiophene rings is 1. The smallest absolute Gasteiger partial charge is 0.237 e. The largest absolute Gasteiger partial charge is 0.338 e. The number of likely N-dealkylation sites (tertiary alicyclic amines) is 1. The molecule has 2 atom stereocenters. The van der Waals surface area contributed by atoms with Crippen LogP contribution in [0.15, 0.2) is 16.8 Å². The zero-order valence-electron chi connectivity index (χ0n) is 11.7. The molecule has 2 heterocycles. The number of carbonyl (C=O) groups excluding carboxylic acids is 1. The lowest BCUT2D eigenvalue weighted by Crippen LogP contribution is -2.42. The van der Waals surface area contributed by atoms with Gasteiger partial charge in [-0.3, -0.25) is 4.79 Å². The topological polar surface area (TPSA) is 66.5 Å². The van der Waals surface area contributed by atoms with E-state index in [9.17, 15) is 13.2 Å². The van der Waals surface area contributed by atoms with E-state index in [1.807, 2.05) is 12.3 Å². The summed E-state index contributed by atoms with van der Waals surface area (Å²) in [5.41, 5.74) is 1.27. The van der Waals surface area contributed by atoms with Crippen molar-refractivity contribution in [1.82, 2.24) is 9.62 Å². The molecule has 7 heteroatoms. The average molecular weight is 316 g/mol. The second-order valence-electron chi connectivity index (χ2n) is 5.11. The number of nitrogens with zero attached hydrogens (tertiary/aromatic N) is 1. The fourth-order valence-corrected chi connectivity index (χ4v) is 3.79. The first kappa shape index (κ1) is 15.5. The molecule has 1 aromatic rings. The molecule has 1 aliphatic rings. The van der Waals surface area contributed by atoms with Gasteiger partial charge >= 0.3 is 0 Å². The van der Waals surface area contributed by atoms with Crippen molar-refractivity contribution in [1.29, 1.82) is 0 Å². The van der Waals surface area contributed by atoms with Crippen molar-refractivity contribution in [2.24, 2.45) is 0 Å². The highest BCUT2D eigenvalue weighted by atomic mass is 32.2. The van der Waals surface area contributed by atoms with Crippen LogP contribution < -0.4 is 4.72 Å². The molecule has 0 aliphatic carbocycles. The van der Waals surface area contributed by atoms with Crippen LogP contribution in [0.5, 0.6) is 0 Å². The minimum atomic E-state index is -3.31. The molecular weight excluding hydrogens is 296 g/mol.